The number of amides is 1. The number of hydrogen-bond donors (Lipinski definition) is 2. The molecule has 0 aliphatic heterocycles. The van der Waals surface area contributed by atoms with Crippen molar-refractivity contribution in [1.82, 2.24) is 5.32 Å². The second kappa shape index (κ2) is 6.26. The van der Waals surface area contributed by atoms with E-state index in [0.29, 0.717) is 16.3 Å². The Bertz CT molecular complexity index is 454. The third-order valence-electron chi connectivity index (χ3n) is 2.86. The Morgan fingerprint density at radius 3 is 2.63 bits per heavy atom. The first-order chi connectivity index (χ1) is 8.75. The molecule has 0 saturated heterocycles. The highest BCUT2D eigenvalue weighted by atomic mass is 35.5. The van der Waals surface area contributed by atoms with Gasteiger partial charge in [0.25, 0.3) is 5.91 Å². The highest BCUT2D eigenvalue weighted by Gasteiger charge is 2.23. The molecule has 1 amide bonds. The molecule has 0 bridgehead atoms. The van der Waals surface area contributed by atoms with Crippen LogP contribution in [-0.2, 0) is 0 Å². The van der Waals surface area contributed by atoms with Crippen LogP contribution in [0.3, 0.4) is 0 Å². The number of methoxy groups -OCH3 is 1. The van der Waals surface area contributed by atoms with E-state index in [1.165, 1.54) is 7.11 Å². The molecule has 0 fully saturated rings. The van der Waals surface area contributed by atoms with Crippen molar-refractivity contribution in [1.29, 1.82) is 0 Å². The van der Waals surface area contributed by atoms with E-state index in [9.17, 15) is 9.90 Å². The number of carbonyl (C=O) groups excluding carboxylic acids is 1. The van der Waals surface area contributed by atoms with Gasteiger partial charge in [-0.25, -0.2) is 0 Å². The van der Waals surface area contributed by atoms with Gasteiger partial charge in [0, 0.05) is 11.6 Å². The lowest BCUT2D eigenvalue weighted by molar-refractivity contribution is 0.0586. The van der Waals surface area contributed by atoms with E-state index in [2.05, 4.69) is 5.32 Å². The predicted molar refractivity (Wildman–Crippen MR) is 75.8 cm³/mol. The van der Waals surface area contributed by atoms with Crippen LogP contribution in [0.15, 0.2) is 18.2 Å². The average molecular weight is 286 g/mol. The summed E-state index contributed by atoms with van der Waals surface area (Å²) in [4.78, 5) is 12.0. The lowest BCUT2D eigenvalue weighted by Crippen LogP contribution is -2.39. The maximum absolute atomic E-state index is 12.0. The van der Waals surface area contributed by atoms with Gasteiger partial charge in [-0.1, -0.05) is 32.4 Å². The molecule has 0 spiro atoms. The zero-order valence-corrected chi connectivity index (χ0v) is 12.4. The standard InChI is InChI=1S/C14H20ClNO3/c1-14(2,3)12(17)8-16-13(18)10-6-5-9(15)7-11(10)19-4/h5-7,12,17H,8H2,1-4H3,(H,16,18). The van der Waals surface area contributed by atoms with Crippen LogP contribution < -0.4 is 10.1 Å². The molecule has 0 radical (unpaired) electrons. The van der Waals surface area contributed by atoms with Crippen LogP contribution in [0, 0.1) is 5.41 Å². The van der Waals surface area contributed by atoms with Gasteiger partial charge in [0.1, 0.15) is 5.75 Å². The Hall–Kier alpha value is -1.26. The second-order valence-corrected chi connectivity index (χ2v) is 5.87. The molecule has 1 aromatic carbocycles. The van der Waals surface area contributed by atoms with Gasteiger partial charge in [0.15, 0.2) is 0 Å². The summed E-state index contributed by atoms with van der Waals surface area (Å²) in [7, 11) is 1.48. The molecule has 4 nitrogen and oxygen atoms in total. The van der Waals surface area contributed by atoms with Gasteiger partial charge in [-0.05, 0) is 23.6 Å². The Labute approximate surface area is 118 Å². The number of carbonyl (C=O) groups is 1. The third-order valence-corrected chi connectivity index (χ3v) is 3.10. The van der Waals surface area contributed by atoms with Crippen molar-refractivity contribution >= 4 is 17.5 Å². The first-order valence-corrected chi connectivity index (χ1v) is 6.43. The van der Waals surface area contributed by atoms with Crippen molar-refractivity contribution in [2.24, 2.45) is 5.41 Å². The van der Waals surface area contributed by atoms with Crippen molar-refractivity contribution in [2.75, 3.05) is 13.7 Å². The lowest BCUT2D eigenvalue weighted by Gasteiger charge is -2.26. The number of hydrogen-bond acceptors (Lipinski definition) is 3. The highest BCUT2D eigenvalue weighted by molar-refractivity contribution is 6.30. The average Bonchev–Trinajstić information content (AvgIpc) is 2.33. The van der Waals surface area contributed by atoms with Crippen molar-refractivity contribution in [3.8, 4) is 5.75 Å². The minimum Gasteiger partial charge on any atom is -0.496 e. The number of halogens is 1. The molecule has 1 atom stereocenters. The molecular weight excluding hydrogens is 266 g/mol. The van der Waals surface area contributed by atoms with Crippen LogP contribution >= 0.6 is 11.6 Å². The van der Waals surface area contributed by atoms with Gasteiger partial charge in [-0.15, -0.1) is 0 Å². The smallest absolute Gasteiger partial charge is 0.255 e. The zero-order chi connectivity index (χ0) is 14.6. The van der Waals surface area contributed by atoms with Gasteiger partial charge < -0.3 is 15.2 Å². The minimum atomic E-state index is -0.616. The number of benzene rings is 1. The molecule has 5 heteroatoms. The summed E-state index contributed by atoms with van der Waals surface area (Å²) in [6, 6.07) is 4.80. The Morgan fingerprint density at radius 2 is 2.11 bits per heavy atom. The summed E-state index contributed by atoms with van der Waals surface area (Å²) >= 11 is 5.84. The van der Waals surface area contributed by atoms with E-state index in [1.807, 2.05) is 20.8 Å². The molecule has 2 N–H and O–H groups in total. The Kier molecular flexibility index (Phi) is 5.20. The number of rotatable bonds is 4. The van der Waals surface area contributed by atoms with E-state index in [-0.39, 0.29) is 17.9 Å². The molecule has 1 unspecified atom stereocenters. The highest BCUT2D eigenvalue weighted by Crippen LogP contribution is 2.23. The van der Waals surface area contributed by atoms with E-state index in [4.69, 9.17) is 16.3 Å². The molecule has 0 heterocycles. The normalized spacial score (nSPS) is 12.9. The van der Waals surface area contributed by atoms with Gasteiger partial charge in [-0.3, -0.25) is 4.79 Å². The van der Waals surface area contributed by atoms with Crippen molar-refractivity contribution in [2.45, 2.75) is 26.9 Å². The number of ether oxygens (including phenoxy) is 1. The number of aliphatic hydroxyl groups is 1. The molecule has 0 aliphatic rings. The maximum atomic E-state index is 12.0. The molecule has 0 aromatic heterocycles. The second-order valence-electron chi connectivity index (χ2n) is 5.44. The fraction of sp³-hybridized carbons (Fsp3) is 0.500. The van der Waals surface area contributed by atoms with Gasteiger partial charge in [0.2, 0.25) is 0 Å². The lowest BCUT2D eigenvalue weighted by atomic mass is 9.89. The summed E-state index contributed by atoms with van der Waals surface area (Å²) in [5.41, 5.74) is 0.116. The fourth-order valence-electron chi connectivity index (χ4n) is 1.44. The van der Waals surface area contributed by atoms with E-state index >= 15 is 0 Å². The summed E-state index contributed by atoms with van der Waals surface area (Å²) in [5.74, 6) is 0.118. The number of nitrogens with one attached hydrogen (secondary N) is 1. The van der Waals surface area contributed by atoms with Crippen LogP contribution in [0.25, 0.3) is 0 Å². The summed E-state index contributed by atoms with van der Waals surface area (Å²) in [6.45, 7) is 5.92. The molecule has 1 rings (SSSR count). The Balaban J connectivity index is 2.74. The fourth-order valence-corrected chi connectivity index (χ4v) is 1.61. The first-order valence-electron chi connectivity index (χ1n) is 6.05. The topological polar surface area (TPSA) is 58.6 Å². The number of aliphatic hydroxyl groups excluding tert-OH is 1. The quantitative estimate of drug-likeness (QED) is 0.893. The molecule has 19 heavy (non-hydrogen) atoms. The van der Waals surface area contributed by atoms with Gasteiger partial charge in [-0.2, -0.15) is 0 Å². The molecule has 0 saturated carbocycles. The SMILES string of the molecule is COc1cc(Cl)ccc1C(=O)NCC(O)C(C)(C)C. The van der Waals surface area contributed by atoms with Crippen molar-refractivity contribution in [3.63, 3.8) is 0 Å². The van der Waals surface area contributed by atoms with Crippen LogP contribution in [-0.4, -0.2) is 30.8 Å². The van der Waals surface area contributed by atoms with Gasteiger partial charge in [0.05, 0.1) is 18.8 Å². The van der Waals surface area contributed by atoms with Crippen molar-refractivity contribution in [3.05, 3.63) is 28.8 Å². The molecule has 1 aromatic rings. The Morgan fingerprint density at radius 1 is 1.47 bits per heavy atom. The molecule has 106 valence electrons. The van der Waals surface area contributed by atoms with Crippen LogP contribution in [0.4, 0.5) is 0 Å². The first kappa shape index (κ1) is 15.8. The van der Waals surface area contributed by atoms with E-state index in [1.54, 1.807) is 18.2 Å². The third kappa shape index (κ3) is 4.40. The maximum Gasteiger partial charge on any atom is 0.255 e. The summed E-state index contributed by atoms with van der Waals surface area (Å²) in [5, 5.41) is 13.1. The minimum absolute atomic E-state index is 0.189. The molecule has 0 aliphatic carbocycles. The van der Waals surface area contributed by atoms with Crippen LogP contribution in [0.1, 0.15) is 31.1 Å². The summed E-state index contributed by atoms with van der Waals surface area (Å²) < 4.78 is 5.11. The van der Waals surface area contributed by atoms with E-state index in [0.717, 1.165) is 0 Å². The predicted octanol–water partition coefficient (Wildman–Crippen LogP) is 2.49. The molecular formula is C14H20ClNO3. The monoisotopic (exact) mass is 285 g/mol. The van der Waals surface area contributed by atoms with Crippen molar-refractivity contribution < 1.29 is 14.6 Å². The summed E-state index contributed by atoms with van der Waals surface area (Å²) in [6.07, 6.45) is -0.616. The van der Waals surface area contributed by atoms with Gasteiger partial charge >= 0.3 is 0 Å². The van der Waals surface area contributed by atoms with Crippen LogP contribution in [0.2, 0.25) is 5.02 Å². The zero-order valence-electron chi connectivity index (χ0n) is 11.7. The largest absolute Gasteiger partial charge is 0.496 e. The van der Waals surface area contributed by atoms with E-state index < -0.39 is 6.10 Å². The van der Waals surface area contributed by atoms with Crippen LogP contribution in [0.5, 0.6) is 5.75 Å².